The van der Waals surface area contributed by atoms with Gasteiger partial charge in [0.15, 0.2) is 0 Å². The number of amides is 2. The number of esters is 1. The molecule has 1 aromatic carbocycles. The maximum atomic E-state index is 12.8. The highest BCUT2D eigenvalue weighted by Crippen LogP contribution is 2.40. The van der Waals surface area contributed by atoms with Gasteiger partial charge in [0.05, 0.1) is 20.1 Å². The van der Waals surface area contributed by atoms with E-state index in [2.05, 4.69) is 5.32 Å². The minimum Gasteiger partial charge on any atom is -0.497 e. The quantitative estimate of drug-likeness (QED) is 0.443. The lowest BCUT2D eigenvalue weighted by molar-refractivity contribution is -0.153. The molecule has 0 unspecified atom stereocenters. The van der Waals surface area contributed by atoms with Gasteiger partial charge in [-0.1, -0.05) is 18.2 Å². The molecule has 168 valence electrons. The van der Waals surface area contributed by atoms with Crippen LogP contribution in [-0.2, 0) is 32.1 Å². The van der Waals surface area contributed by atoms with Crippen LogP contribution in [0.3, 0.4) is 0 Å². The number of hydrogen-bond acceptors (Lipinski definition) is 8. The smallest absolute Gasteiger partial charge is 0.355 e. The average molecular weight is 475 g/mol. The van der Waals surface area contributed by atoms with Crippen LogP contribution in [0.15, 0.2) is 53.0 Å². The van der Waals surface area contributed by atoms with Crippen LogP contribution in [0.5, 0.6) is 5.75 Å². The van der Waals surface area contributed by atoms with Gasteiger partial charge >= 0.3 is 5.97 Å². The first kappa shape index (κ1) is 22.4. The van der Waals surface area contributed by atoms with Gasteiger partial charge in [-0.15, -0.1) is 23.1 Å². The Morgan fingerprint density at radius 2 is 2.03 bits per heavy atom. The molecule has 1 aromatic heterocycles. The fraction of sp³-hybridized carbons (Fsp3) is 0.318. The third-order valence-electron chi connectivity index (χ3n) is 5.19. The normalized spacial score (nSPS) is 19.8. The first-order valence-electron chi connectivity index (χ1n) is 9.91. The number of aliphatic hydroxyl groups excluding tert-OH is 1. The third kappa shape index (κ3) is 4.52. The number of β-lactam (4-membered cyclic amide) rings is 1. The van der Waals surface area contributed by atoms with E-state index in [-0.39, 0.29) is 37.1 Å². The van der Waals surface area contributed by atoms with E-state index in [1.807, 2.05) is 17.5 Å². The van der Waals surface area contributed by atoms with Gasteiger partial charge in [0.25, 0.3) is 5.91 Å². The number of hydrogen-bond donors (Lipinski definition) is 2. The van der Waals surface area contributed by atoms with E-state index < -0.39 is 17.4 Å². The molecule has 2 aliphatic rings. The lowest BCUT2D eigenvalue weighted by atomic mass is 10.0. The lowest BCUT2D eigenvalue weighted by Gasteiger charge is -2.49. The van der Waals surface area contributed by atoms with Crippen LogP contribution < -0.4 is 10.1 Å². The van der Waals surface area contributed by atoms with Crippen LogP contribution in [0, 0.1) is 0 Å². The van der Waals surface area contributed by atoms with Crippen molar-refractivity contribution >= 4 is 40.9 Å². The minimum absolute atomic E-state index is 0.0197. The first-order valence-corrected chi connectivity index (χ1v) is 11.8. The largest absolute Gasteiger partial charge is 0.497 e. The Bertz CT molecular complexity index is 1040. The second-order valence-corrected chi connectivity index (χ2v) is 9.38. The molecule has 32 heavy (non-hydrogen) atoms. The van der Waals surface area contributed by atoms with E-state index in [0.29, 0.717) is 17.1 Å². The zero-order chi connectivity index (χ0) is 22.7. The Morgan fingerprint density at radius 1 is 1.25 bits per heavy atom. The van der Waals surface area contributed by atoms with Crippen molar-refractivity contribution in [3.63, 3.8) is 0 Å². The summed E-state index contributed by atoms with van der Waals surface area (Å²) in [5.74, 6) is -0.242. The predicted molar refractivity (Wildman–Crippen MR) is 120 cm³/mol. The topological polar surface area (TPSA) is 105 Å². The number of thioether (sulfide) groups is 1. The number of ether oxygens (including phenoxy) is 2. The van der Waals surface area contributed by atoms with Gasteiger partial charge in [-0.25, -0.2) is 4.79 Å². The van der Waals surface area contributed by atoms with E-state index in [1.165, 1.54) is 28.0 Å². The first-order chi connectivity index (χ1) is 15.5. The predicted octanol–water partition coefficient (Wildman–Crippen LogP) is 1.69. The van der Waals surface area contributed by atoms with E-state index in [0.717, 1.165) is 10.4 Å². The summed E-state index contributed by atoms with van der Waals surface area (Å²) in [5, 5.41) is 14.0. The number of nitrogens with one attached hydrogen (secondary N) is 1. The molecule has 2 N–H and O–H groups in total. The van der Waals surface area contributed by atoms with Crippen molar-refractivity contribution in [3.05, 3.63) is 63.5 Å². The highest BCUT2D eigenvalue weighted by atomic mass is 32.2. The Hall–Kier alpha value is -2.82. The third-order valence-corrected chi connectivity index (χ3v) is 7.41. The van der Waals surface area contributed by atoms with Gasteiger partial charge in [-0.2, -0.15) is 0 Å². The summed E-state index contributed by atoms with van der Waals surface area (Å²) in [6.45, 7) is -0.336. The number of fused-ring (bicyclic) bond motifs is 1. The molecule has 0 spiro atoms. The Balaban J connectivity index is 1.41. The number of benzene rings is 1. The van der Waals surface area contributed by atoms with Crippen LogP contribution in [0.25, 0.3) is 0 Å². The van der Waals surface area contributed by atoms with Crippen LogP contribution >= 0.6 is 23.1 Å². The summed E-state index contributed by atoms with van der Waals surface area (Å²) in [5.41, 5.74) is 1.27. The van der Waals surface area contributed by atoms with Gasteiger partial charge in [0.2, 0.25) is 5.91 Å². The summed E-state index contributed by atoms with van der Waals surface area (Å²) in [6, 6.07) is 10.1. The number of methoxy groups -OCH3 is 1. The maximum absolute atomic E-state index is 12.8. The number of rotatable bonds is 8. The summed E-state index contributed by atoms with van der Waals surface area (Å²) in [4.78, 5) is 40.2. The van der Waals surface area contributed by atoms with Crippen molar-refractivity contribution < 1.29 is 29.0 Å². The molecule has 8 nitrogen and oxygen atoms in total. The van der Waals surface area contributed by atoms with Crippen molar-refractivity contribution in [3.8, 4) is 5.75 Å². The van der Waals surface area contributed by atoms with Gasteiger partial charge in [0, 0.05) is 10.6 Å². The SMILES string of the molecule is COc1ccc(COC(=O)C2=C(CO)CS[C@@H]3[C@H](NC(=O)Cc4cccs4)C(=O)N23)cc1. The van der Waals surface area contributed by atoms with Crippen molar-refractivity contribution in [2.75, 3.05) is 19.5 Å². The summed E-state index contributed by atoms with van der Waals surface area (Å²) in [7, 11) is 1.57. The zero-order valence-electron chi connectivity index (χ0n) is 17.3. The summed E-state index contributed by atoms with van der Waals surface area (Å²) < 4.78 is 10.5. The second kappa shape index (κ2) is 9.76. The van der Waals surface area contributed by atoms with Crippen LogP contribution in [0.2, 0.25) is 0 Å². The molecule has 0 aliphatic carbocycles. The molecular weight excluding hydrogens is 452 g/mol. The van der Waals surface area contributed by atoms with Crippen molar-refractivity contribution in [2.45, 2.75) is 24.4 Å². The monoisotopic (exact) mass is 474 g/mol. The molecule has 2 aromatic rings. The van der Waals surface area contributed by atoms with Gasteiger partial charge in [-0.05, 0) is 34.7 Å². The highest BCUT2D eigenvalue weighted by Gasteiger charge is 2.54. The number of carbonyl (C=O) groups is 3. The fourth-order valence-corrected chi connectivity index (χ4v) is 5.57. The molecule has 2 aliphatic heterocycles. The molecule has 1 fully saturated rings. The van der Waals surface area contributed by atoms with Crippen molar-refractivity contribution in [2.24, 2.45) is 0 Å². The van der Waals surface area contributed by atoms with E-state index in [1.54, 1.807) is 31.4 Å². The molecule has 3 heterocycles. The minimum atomic E-state index is -0.711. The molecule has 2 amide bonds. The molecule has 2 atom stereocenters. The maximum Gasteiger partial charge on any atom is 0.355 e. The highest BCUT2D eigenvalue weighted by molar-refractivity contribution is 8.00. The molecule has 1 saturated heterocycles. The zero-order valence-corrected chi connectivity index (χ0v) is 18.9. The van der Waals surface area contributed by atoms with Crippen LogP contribution in [0.4, 0.5) is 0 Å². The molecule has 0 saturated carbocycles. The molecule has 0 bridgehead atoms. The fourth-order valence-electron chi connectivity index (χ4n) is 3.53. The number of thiophene rings is 1. The molecular formula is C22H22N2O6S2. The molecule has 10 heteroatoms. The number of carbonyl (C=O) groups excluding carboxylic acids is 3. The Morgan fingerprint density at radius 3 is 2.69 bits per heavy atom. The van der Waals surface area contributed by atoms with Crippen molar-refractivity contribution in [1.29, 1.82) is 0 Å². The number of nitrogens with zero attached hydrogens (tertiary/aromatic N) is 1. The summed E-state index contributed by atoms with van der Waals surface area (Å²) in [6.07, 6.45) is 0.202. The van der Waals surface area contributed by atoms with Gasteiger partial charge < -0.3 is 19.9 Å². The van der Waals surface area contributed by atoms with Crippen molar-refractivity contribution in [1.82, 2.24) is 10.2 Å². The van der Waals surface area contributed by atoms with Crippen LogP contribution in [-0.4, -0.2) is 58.7 Å². The summed E-state index contributed by atoms with van der Waals surface area (Å²) >= 11 is 2.88. The van der Waals surface area contributed by atoms with E-state index >= 15 is 0 Å². The van der Waals surface area contributed by atoms with E-state index in [4.69, 9.17) is 9.47 Å². The molecule has 0 radical (unpaired) electrons. The number of aliphatic hydroxyl groups is 1. The standard InChI is InChI=1S/C22H22N2O6S2/c1-29-15-6-4-13(5-7-15)11-30-22(28)19-14(10-25)12-32-21-18(20(27)24(19)21)23-17(26)9-16-3-2-8-31-16/h2-8,18,21,25H,9-12H2,1H3,(H,23,26)/t18-,21-/m1/s1. The van der Waals surface area contributed by atoms with E-state index in [9.17, 15) is 19.5 Å². The Kier molecular flexibility index (Phi) is 6.83. The van der Waals surface area contributed by atoms with Crippen LogP contribution in [0.1, 0.15) is 10.4 Å². The van der Waals surface area contributed by atoms with Gasteiger partial charge in [0.1, 0.15) is 29.5 Å². The average Bonchev–Trinajstić information content (AvgIpc) is 3.33. The second-order valence-electron chi connectivity index (χ2n) is 7.25. The van der Waals surface area contributed by atoms with Gasteiger partial charge in [-0.3, -0.25) is 14.5 Å². The lowest BCUT2D eigenvalue weighted by Crippen LogP contribution is -2.70. The molecule has 4 rings (SSSR count). The Labute approximate surface area is 193 Å².